The molecule has 140 valence electrons. The Morgan fingerprint density at radius 3 is 2.81 bits per heavy atom. The molecule has 0 aliphatic carbocycles. The van der Waals surface area contributed by atoms with Gasteiger partial charge in [0, 0.05) is 31.0 Å². The predicted molar refractivity (Wildman–Crippen MR) is 103 cm³/mol. The highest BCUT2D eigenvalue weighted by molar-refractivity contribution is 5.58. The molecule has 1 aromatic heterocycles. The third-order valence-corrected chi connectivity index (χ3v) is 4.46. The number of rotatable bonds is 9. The molecule has 7 nitrogen and oxygen atoms in total. The van der Waals surface area contributed by atoms with Gasteiger partial charge in [0.1, 0.15) is 11.6 Å². The van der Waals surface area contributed by atoms with Crippen LogP contribution in [-0.2, 0) is 11.3 Å². The van der Waals surface area contributed by atoms with Gasteiger partial charge in [0.05, 0.1) is 20.3 Å². The fourth-order valence-corrected chi connectivity index (χ4v) is 3.04. The smallest absolute Gasteiger partial charge is 0.229 e. The van der Waals surface area contributed by atoms with E-state index < -0.39 is 0 Å². The quantitative estimate of drug-likeness (QED) is 0.669. The van der Waals surface area contributed by atoms with Crippen molar-refractivity contribution < 1.29 is 9.47 Å². The Labute approximate surface area is 154 Å². The molecule has 0 amide bonds. The lowest BCUT2D eigenvalue weighted by Gasteiger charge is -2.15. The van der Waals surface area contributed by atoms with E-state index in [9.17, 15) is 0 Å². The minimum absolute atomic E-state index is 0.518. The van der Waals surface area contributed by atoms with Crippen LogP contribution >= 0.6 is 0 Å². The maximum Gasteiger partial charge on any atom is 0.229 e. The molecule has 1 aliphatic heterocycles. The molecule has 1 saturated heterocycles. The second kappa shape index (κ2) is 9.35. The SMILES string of the molecule is CNc1ccnc(Nc2ccc(OC)c(COCCN3CCCC3)c2)n1. The summed E-state index contributed by atoms with van der Waals surface area (Å²) in [6, 6.07) is 7.72. The molecule has 0 saturated carbocycles. The van der Waals surface area contributed by atoms with E-state index in [0.717, 1.165) is 36.0 Å². The Balaban J connectivity index is 1.59. The van der Waals surface area contributed by atoms with Crippen LogP contribution < -0.4 is 15.4 Å². The summed E-state index contributed by atoms with van der Waals surface area (Å²) in [6.45, 7) is 4.62. The van der Waals surface area contributed by atoms with E-state index in [1.54, 1.807) is 13.3 Å². The molecule has 0 unspecified atom stereocenters. The number of hydrogen-bond donors (Lipinski definition) is 2. The zero-order chi connectivity index (χ0) is 18.2. The first-order chi connectivity index (χ1) is 12.8. The van der Waals surface area contributed by atoms with Crippen LogP contribution in [0, 0.1) is 0 Å². The van der Waals surface area contributed by atoms with Gasteiger partial charge in [-0.15, -0.1) is 0 Å². The van der Waals surface area contributed by atoms with Gasteiger partial charge in [0.15, 0.2) is 0 Å². The van der Waals surface area contributed by atoms with Crippen molar-refractivity contribution in [1.29, 1.82) is 0 Å². The zero-order valence-corrected chi connectivity index (χ0v) is 15.5. The minimum Gasteiger partial charge on any atom is -0.496 e. The first kappa shape index (κ1) is 18.4. The summed E-state index contributed by atoms with van der Waals surface area (Å²) >= 11 is 0. The maximum absolute atomic E-state index is 5.88. The molecule has 2 aromatic rings. The van der Waals surface area contributed by atoms with Crippen molar-refractivity contribution in [3.05, 3.63) is 36.0 Å². The lowest BCUT2D eigenvalue weighted by molar-refractivity contribution is 0.0978. The molecule has 0 radical (unpaired) electrons. The minimum atomic E-state index is 0.518. The lowest BCUT2D eigenvalue weighted by Crippen LogP contribution is -2.23. The van der Waals surface area contributed by atoms with Crippen molar-refractivity contribution in [3.8, 4) is 5.75 Å². The second-order valence-corrected chi connectivity index (χ2v) is 6.27. The number of nitrogens with zero attached hydrogens (tertiary/aromatic N) is 3. The Morgan fingerprint density at radius 2 is 2.04 bits per heavy atom. The normalized spacial score (nSPS) is 14.4. The van der Waals surface area contributed by atoms with Crippen molar-refractivity contribution in [2.45, 2.75) is 19.4 Å². The van der Waals surface area contributed by atoms with Gasteiger partial charge in [0.2, 0.25) is 5.95 Å². The summed E-state index contributed by atoms with van der Waals surface area (Å²) in [5, 5.41) is 6.23. The average molecular weight is 357 g/mol. The highest BCUT2D eigenvalue weighted by Crippen LogP contribution is 2.25. The van der Waals surface area contributed by atoms with Crippen LogP contribution in [0.4, 0.5) is 17.5 Å². The molecule has 26 heavy (non-hydrogen) atoms. The number of aromatic nitrogens is 2. The van der Waals surface area contributed by atoms with Crippen molar-refractivity contribution >= 4 is 17.5 Å². The number of anilines is 3. The van der Waals surface area contributed by atoms with Gasteiger partial charge in [-0.2, -0.15) is 4.98 Å². The molecule has 0 spiro atoms. The van der Waals surface area contributed by atoms with Crippen LogP contribution in [0.1, 0.15) is 18.4 Å². The molecule has 7 heteroatoms. The van der Waals surface area contributed by atoms with Gasteiger partial charge < -0.3 is 25.0 Å². The summed E-state index contributed by atoms with van der Waals surface area (Å²) in [5.41, 5.74) is 1.90. The van der Waals surface area contributed by atoms with E-state index in [4.69, 9.17) is 9.47 Å². The molecule has 0 bridgehead atoms. The van der Waals surface area contributed by atoms with Gasteiger partial charge >= 0.3 is 0 Å². The standard InChI is InChI=1S/C19H27N5O2/c1-20-18-7-8-21-19(23-18)22-16-5-6-17(25-2)15(13-16)14-26-12-11-24-9-3-4-10-24/h5-8,13H,3-4,9-12,14H2,1-2H3,(H2,20,21,22,23). The summed E-state index contributed by atoms with van der Waals surface area (Å²) in [6.07, 6.45) is 4.32. The third kappa shape index (κ3) is 5.06. The zero-order valence-electron chi connectivity index (χ0n) is 15.5. The molecule has 2 heterocycles. The molecule has 0 atom stereocenters. The van der Waals surface area contributed by atoms with E-state index in [-0.39, 0.29) is 0 Å². The van der Waals surface area contributed by atoms with Crippen LogP contribution in [0.15, 0.2) is 30.5 Å². The van der Waals surface area contributed by atoms with Crippen LogP contribution in [0.2, 0.25) is 0 Å². The average Bonchev–Trinajstić information content (AvgIpc) is 3.19. The molecule has 1 fully saturated rings. The van der Waals surface area contributed by atoms with E-state index in [1.807, 2.05) is 31.3 Å². The van der Waals surface area contributed by atoms with Crippen LogP contribution in [0.5, 0.6) is 5.75 Å². The summed E-state index contributed by atoms with van der Waals surface area (Å²) < 4.78 is 11.3. The van der Waals surface area contributed by atoms with E-state index in [1.165, 1.54) is 25.9 Å². The Morgan fingerprint density at radius 1 is 1.19 bits per heavy atom. The number of nitrogens with one attached hydrogen (secondary N) is 2. The highest BCUT2D eigenvalue weighted by atomic mass is 16.5. The molecule has 1 aromatic carbocycles. The van der Waals surface area contributed by atoms with Crippen molar-refractivity contribution in [2.24, 2.45) is 0 Å². The molecular formula is C19H27N5O2. The lowest BCUT2D eigenvalue weighted by atomic mass is 10.2. The Bertz CT molecular complexity index is 704. The summed E-state index contributed by atoms with van der Waals surface area (Å²) in [4.78, 5) is 11.1. The summed E-state index contributed by atoms with van der Waals surface area (Å²) in [7, 11) is 3.51. The van der Waals surface area contributed by atoms with Crippen LogP contribution in [0.25, 0.3) is 0 Å². The summed E-state index contributed by atoms with van der Waals surface area (Å²) in [5.74, 6) is 2.13. The largest absolute Gasteiger partial charge is 0.496 e. The van der Waals surface area contributed by atoms with Crippen molar-refractivity contribution in [1.82, 2.24) is 14.9 Å². The molecular weight excluding hydrogens is 330 g/mol. The first-order valence-electron chi connectivity index (χ1n) is 9.03. The monoisotopic (exact) mass is 357 g/mol. The van der Waals surface area contributed by atoms with Crippen molar-refractivity contribution in [2.75, 3.05) is 51.0 Å². The molecule has 2 N–H and O–H groups in total. The van der Waals surface area contributed by atoms with Gasteiger partial charge in [0.25, 0.3) is 0 Å². The van der Waals surface area contributed by atoms with E-state index >= 15 is 0 Å². The highest BCUT2D eigenvalue weighted by Gasteiger charge is 2.11. The number of benzene rings is 1. The second-order valence-electron chi connectivity index (χ2n) is 6.27. The van der Waals surface area contributed by atoms with E-state index in [0.29, 0.717) is 12.6 Å². The topological polar surface area (TPSA) is 71.5 Å². The van der Waals surface area contributed by atoms with Gasteiger partial charge in [-0.25, -0.2) is 4.98 Å². The Hall–Kier alpha value is -2.38. The molecule has 3 rings (SSSR count). The maximum atomic E-state index is 5.88. The number of likely N-dealkylation sites (tertiary alicyclic amines) is 1. The molecule has 1 aliphatic rings. The van der Waals surface area contributed by atoms with Crippen LogP contribution in [0.3, 0.4) is 0 Å². The fourth-order valence-electron chi connectivity index (χ4n) is 3.04. The number of ether oxygens (including phenoxy) is 2. The van der Waals surface area contributed by atoms with Gasteiger partial charge in [-0.3, -0.25) is 0 Å². The number of methoxy groups -OCH3 is 1. The Kier molecular flexibility index (Phi) is 6.62. The van der Waals surface area contributed by atoms with Crippen molar-refractivity contribution in [3.63, 3.8) is 0 Å². The van der Waals surface area contributed by atoms with Gasteiger partial charge in [-0.1, -0.05) is 0 Å². The fraction of sp³-hybridized carbons (Fsp3) is 0.474. The first-order valence-corrected chi connectivity index (χ1v) is 9.03. The van der Waals surface area contributed by atoms with Crippen LogP contribution in [-0.4, -0.2) is 55.3 Å². The third-order valence-electron chi connectivity index (χ3n) is 4.46. The number of hydrogen-bond acceptors (Lipinski definition) is 7. The predicted octanol–water partition coefficient (Wildman–Crippen LogP) is 2.88. The van der Waals surface area contributed by atoms with E-state index in [2.05, 4.69) is 25.5 Å². The van der Waals surface area contributed by atoms with Gasteiger partial charge in [-0.05, 0) is 50.2 Å².